The minimum Gasteiger partial charge on any atom is -0.392 e. The molecule has 0 fully saturated rings. The van der Waals surface area contributed by atoms with Crippen LogP contribution in [0.25, 0.3) is 11.0 Å². The molecule has 0 unspecified atom stereocenters. The van der Waals surface area contributed by atoms with Crippen molar-refractivity contribution < 1.29 is 5.11 Å². The summed E-state index contributed by atoms with van der Waals surface area (Å²) in [4.78, 5) is 8.94. The van der Waals surface area contributed by atoms with E-state index in [0.29, 0.717) is 6.54 Å². The molecule has 0 saturated heterocycles. The van der Waals surface area contributed by atoms with Gasteiger partial charge in [0.15, 0.2) is 0 Å². The Morgan fingerprint density at radius 1 is 0.950 bits per heavy atom. The highest BCUT2D eigenvalue weighted by atomic mass is 16.3. The van der Waals surface area contributed by atoms with E-state index in [2.05, 4.69) is 15.3 Å². The van der Waals surface area contributed by atoms with Crippen molar-refractivity contribution in [1.82, 2.24) is 9.97 Å². The van der Waals surface area contributed by atoms with E-state index in [-0.39, 0.29) is 6.61 Å². The van der Waals surface area contributed by atoms with Gasteiger partial charge in [0.1, 0.15) is 0 Å². The molecule has 3 aromatic rings. The van der Waals surface area contributed by atoms with Gasteiger partial charge in [-0.3, -0.25) is 4.98 Å². The number of aliphatic hydroxyl groups excluding tert-OH is 1. The molecule has 20 heavy (non-hydrogen) atoms. The number of fused-ring (bicyclic) bond motifs is 1. The van der Waals surface area contributed by atoms with Crippen molar-refractivity contribution in [2.24, 2.45) is 0 Å². The van der Waals surface area contributed by atoms with E-state index in [0.717, 1.165) is 28.0 Å². The van der Waals surface area contributed by atoms with Gasteiger partial charge in [-0.2, -0.15) is 0 Å². The average Bonchev–Trinajstić information content (AvgIpc) is 2.53. The number of nitrogens with zero attached hydrogens (tertiary/aromatic N) is 2. The normalized spacial score (nSPS) is 10.7. The summed E-state index contributed by atoms with van der Waals surface area (Å²) in [6.07, 6.45) is 1.79. The molecule has 100 valence electrons. The zero-order valence-electron chi connectivity index (χ0n) is 11.0. The Kier molecular flexibility index (Phi) is 3.56. The second-order valence-electron chi connectivity index (χ2n) is 4.56. The highest BCUT2D eigenvalue weighted by molar-refractivity contribution is 5.73. The number of aliphatic hydroxyl groups is 1. The lowest BCUT2D eigenvalue weighted by molar-refractivity contribution is 0.282. The quantitative estimate of drug-likeness (QED) is 0.761. The number of nitrogens with one attached hydrogen (secondary N) is 1. The first-order valence-corrected chi connectivity index (χ1v) is 6.49. The molecule has 0 aliphatic heterocycles. The molecule has 0 amide bonds. The van der Waals surface area contributed by atoms with E-state index in [1.807, 2.05) is 48.5 Å². The Bertz CT molecular complexity index is 710. The van der Waals surface area contributed by atoms with E-state index in [1.54, 1.807) is 6.20 Å². The van der Waals surface area contributed by atoms with Crippen LogP contribution in [0.3, 0.4) is 0 Å². The smallest absolute Gasteiger partial charge is 0.0890 e. The monoisotopic (exact) mass is 265 g/mol. The van der Waals surface area contributed by atoms with Crippen LogP contribution < -0.4 is 5.32 Å². The Balaban J connectivity index is 1.72. The van der Waals surface area contributed by atoms with Crippen molar-refractivity contribution in [1.29, 1.82) is 0 Å². The maximum atomic E-state index is 9.00. The minimum absolute atomic E-state index is 0.0659. The Labute approximate surface area is 117 Å². The summed E-state index contributed by atoms with van der Waals surface area (Å²) in [5.41, 5.74) is 4.61. The van der Waals surface area contributed by atoms with Crippen molar-refractivity contribution in [3.63, 3.8) is 0 Å². The van der Waals surface area contributed by atoms with Gasteiger partial charge >= 0.3 is 0 Å². The van der Waals surface area contributed by atoms with Gasteiger partial charge in [0.2, 0.25) is 0 Å². The maximum absolute atomic E-state index is 9.00. The maximum Gasteiger partial charge on any atom is 0.0890 e. The largest absolute Gasteiger partial charge is 0.392 e. The highest BCUT2D eigenvalue weighted by Gasteiger charge is 1.99. The van der Waals surface area contributed by atoms with Crippen LogP contribution in [-0.4, -0.2) is 15.1 Å². The first kappa shape index (κ1) is 12.6. The summed E-state index contributed by atoms with van der Waals surface area (Å²) in [5.74, 6) is 0. The minimum atomic E-state index is 0.0659. The van der Waals surface area contributed by atoms with Crippen molar-refractivity contribution in [2.75, 3.05) is 5.32 Å². The van der Waals surface area contributed by atoms with Gasteiger partial charge in [0, 0.05) is 5.69 Å². The first-order valence-electron chi connectivity index (χ1n) is 6.49. The van der Waals surface area contributed by atoms with Gasteiger partial charge in [-0.15, -0.1) is 0 Å². The van der Waals surface area contributed by atoms with Crippen molar-refractivity contribution >= 4 is 16.7 Å². The molecule has 0 aliphatic rings. The number of aromatic nitrogens is 2. The molecule has 4 heteroatoms. The topological polar surface area (TPSA) is 58.0 Å². The Hall–Kier alpha value is -2.46. The number of benzene rings is 2. The molecule has 0 aliphatic carbocycles. The number of para-hydroxylation sites is 2. The van der Waals surface area contributed by atoms with Crippen LogP contribution in [0.4, 0.5) is 5.69 Å². The van der Waals surface area contributed by atoms with Gasteiger partial charge in [-0.05, 0) is 29.8 Å². The van der Waals surface area contributed by atoms with Gasteiger partial charge in [0.25, 0.3) is 0 Å². The summed E-state index contributed by atoms with van der Waals surface area (Å²) in [5, 5.41) is 12.3. The standard InChI is InChI=1S/C16H15N3O/c20-11-12-5-7-13(8-6-12)17-9-14-10-18-15-3-1-2-4-16(15)19-14/h1-8,10,17,20H,9,11H2. The fraction of sp³-hybridized carbons (Fsp3) is 0.125. The van der Waals surface area contributed by atoms with Crippen LogP contribution in [0.5, 0.6) is 0 Å². The van der Waals surface area contributed by atoms with Gasteiger partial charge in [-0.1, -0.05) is 24.3 Å². The SMILES string of the molecule is OCc1ccc(NCc2cnc3ccccc3n2)cc1. The summed E-state index contributed by atoms with van der Waals surface area (Å²) >= 11 is 0. The lowest BCUT2D eigenvalue weighted by Gasteiger charge is -2.07. The molecule has 0 saturated carbocycles. The van der Waals surface area contributed by atoms with Crippen LogP contribution >= 0.6 is 0 Å². The summed E-state index contributed by atoms with van der Waals surface area (Å²) in [6, 6.07) is 15.5. The van der Waals surface area contributed by atoms with E-state index in [9.17, 15) is 0 Å². The molecular weight excluding hydrogens is 250 g/mol. The molecule has 1 heterocycles. The Morgan fingerprint density at radius 3 is 2.45 bits per heavy atom. The van der Waals surface area contributed by atoms with E-state index < -0.39 is 0 Å². The average molecular weight is 265 g/mol. The van der Waals surface area contributed by atoms with Crippen molar-refractivity contribution in [2.45, 2.75) is 13.2 Å². The summed E-state index contributed by atoms with van der Waals surface area (Å²) < 4.78 is 0. The third-order valence-corrected chi connectivity index (χ3v) is 3.11. The second-order valence-corrected chi connectivity index (χ2v) is 4.56. The number of hydrogen-bond acceptors (Lipinski definition) is 4. The lowest BCUT2D eigenvalue weighted by atomic mass is 10.2. The Morgan fingerprint density at radius 2 is 1.70 bits per heavy atom. The van der Waals surface area contributed by atoms with Crippen LogP contribution in [0.15, 0.2) is 54.7 Å². The van der Waals surface area contributed by atoms with Gasteiger partial charge in [0.05, 0.1) is 36.1 Å². The zero-order chi connectivity index (χ0) is 13.8. The molecule has 0 atom stereocenters. The zero-order valence-corrected chi connectivity index (χ0v) is 11.0. The number of rotatable bonds is 4. The van der Waals surface area contributed by atoms with Gasteiger partial charge in [-0.25, -0.2) is 4.98 Å². The van der Waals surface area contributed by atoms with Gasteiger partial charge < -0.3 is 10.4 Å². The predicted molar refractivity (Wildman–Crippen MR) is 79.2 cm³/mol. The lowest BCUT2D eigenvalue weighted by Crippen LogP contribution is -2.02. The molecule has 0 bridgehead atoms. The number of hydrogen-bond donors (Lipinski definition) is 2. The number of anilines is 1. The third kappa shape index (κ3) is 2.75. The van der Waals surface area contributed by atoms with Crippen LogP contribution in [0, 0.1) is 0 Å². The predicted octanol–water partition coefficient (Wildman–Crippen LogP) is 2.73. The van der Waals surface area contributed by atoms with E-state index >= 15 is 0 Å². The van der Waals surface area contributed by atoms with Crippen molar-refractivity contribution in [3.8, 4) is 0 Å². The second kappa shape index (κ2) is 5.67. The van der Waals surface area contributed by atoms with Crippen molar-refractivity contribution in [3.05, 3.63) is 66.0 Å². The van der Waals surface area contributed by atoms with E-state index in [4.69, 9.17) is 5.11 Å². The van der Waals surface area contributed by atoms with Crippen LogP contribution in [0.1, 0.15) is 11.3 Å². The molecule has 3 rings (SSSR count). The molecule has 2 N–H and O–H groups in total. The fourth-order valence-electron chi connectivity index (χ4n) is 2.00. The molecule has 4 nitrogen and oxygen atoms in total. The van der Waals surface area contributed by atoms with E-state index in [1.165, 1.54) is 0 Å². The summed E-state index contributed by atoms with van der Waals surface area (Å²) in [6.45, 7) is 0.687. The van der Waals surface area contributed by atoms with Crippen LogP contribution in [-0.2, 0) is 13.2 Å². The molecule has 2 aromatic carbocycles. The summed E-state index contributed by atoms with van der Waals surface area (Å²) in [7, 11) is 0. The van der Waals surface area contributed by atoms with Crippen LogP contribution in [0.2, 0.25) is 0 Å². The first-order chi connectivity index (χ1) is 9.85. The molecular formula is C16H15N3O. The third-order valence-electron chi connectivity index (χ3n) is 3.11. The molecule has 0 radical (unpaired) electrons. The molecule has 1 aromatic heterocycles. The molecule has 0 spiro atoms. The highest BCUT2D eigenvalue weighted by Crippen LogP contribution is 2.12. The fourth-order valence-corrected chi connectivity index (χ4v) is 2.00.